The smallest absolute Gasteiger partial charge is 0.216 e. The molecule has 0 aliphatic heterocycles. The van der Waals surface area contributed by atoms with E-state index in [1.807, 2.05) is 39.0 Å². The van der Waals surface area contributed by atoms with Gasteiger partial charge in [-0.3, -0.25) is 4.98 Å². The first-order chi connectivity index (χ1) is 31.9. The van der Waals surface area contributed by atoms with Crippen molar-refractivity contribution in [3.63, 3.8) is 0 Å². The minimum atomic E-state index is -2.32. The van der Waals surface area contributed by atoms with Gasteiger partial charge in [0.05, 0.1) is 28.1 Å². The van der Waals surface area contributed by atoms with Gasteiger partial charge in [0, 0.05) is 55.4 Å². The monoisotopic (exact) mass is 1000 g/mol. The van der Waals surface area contributed by atoms with E-state index < -0.39 is 18.6 Å². The molecule has 0 saturated heterocycles. The summed E-state index contributed by atoms with van der Waals surface area (Å²) in [5, 5.41) is 1.48. The van der Waals surface area contributed by atoms with Gasteiger partial charge in [0.25, 0.3) is 0 Å². The van der Waals surface area contributed by atoms with Crippen molar-refractivity contribution in [1.82, 2.24) is 19.5 Å². The first kappa shape index (κ1) is 37.1. The van der Waals surface area contributed by atoms with Crippen LogP contribution in [0.15, 0.2) is 168 Å². The molecule has 0 atom stereocenters. The van der Waals surface area contributed by atoms with Crippen LogP contribution >= 0.6 is 0 Å². The molecule has 0 spiro atoms. The Kier molecular flexibility index (Phi) is 10.4. The van der Waals surface area contributed by atoms with E-state index in [1.165, 1.54) is 33.9 Å². The van der Waals surface area contributed by atoms with Crippen molar-refractivity contribution < 1.29 is 31.4 Å². The molecule has 10 rings (SSSR count). The minimum Gasteiger partial charge on any atom is -0.486 e. The van der Waals surface area contributed by atoms with E-state index in [4.69, 9.17) is 16.3 Å². The number of imidazole rings is 1. The summed E-state index contributed by atoms with van der Waals surface area (Å²) in [6, 6.07) is 59.3. The van der Waals surface area contributed by atoms with Crippen molar-refractivity contribution in [2.75, 3.05) is 0 Å². The van der Waals surface area contributed by atoms with Crippen LogP contribution in [0.1, 0.15) is 65.2 Å². The van der Waals surface area contributed by atoms with Crippen molar-refractivity contribution >= 4 is 33.1 Å². The van der Waals surface area contributed by atoms with Gasteiger partial charge in [-0.1, -0.05) is 137 Å². The van der Waals surface area contributed by atoms with Crippen molar-refractivity contribution in [1.29, 1.82) is 0 Å². The van der Waals surface area contributed by atoms with Gasteiger partial charge >= 0.3 is 0 Å². The normalized spacial score (nSPS) is 13.3. The van der Waals surface area contributed by atoms with Crippen molar-refractivity contribution in [2.24, 2.45) is 5.41 Å². The van der Waals surface area contributed by atoms with Crippen molar-refractivity contribution in [3.8, 4) is 50.6 Å². The molecule has 315 valence electrons. The topological polar surface area (TPSA) is 56.7 Å². The molecule has 4 heterocycles. The van der Waals surface area contributed by atoms with Crippen LogP contribution in [0.2, 0.25) is 0 Å². The third kappa shape index (κ3) is 9.06. The number of aryl methyl sites for hydroxylation is 1. The molecule has 0 amide bonds. The third-order valence-electron chi connectivity index (χ3n) is 10.7. The summed E-state index contributed by atoms with van der Waals surface area (Å²) in [6.45, 7) is 10.1. The summed E-state index contributed by atoms with van der Waals surface area (Å²) < 4.78 is 48.1. The fourth-order valence-corrected chi connectivity index (χ4v) is 7.84. The molecule has 4 aromatic heterocycles. The van der Waals surface area contributed by atoms with E-state index in [9.17, 15) is 0 Å². The zero-order valence-corrected chi connectivity index (χ0v) is 38.5. The number of rotatable bonds is 6. The van der Waals surface area contributed by atoms with Gasteiger partial charge < -0.3 is 14.0 Å². The number of aromatic nitrogens is 4. The fourth-order valence-electron chi connectivity index (χ4n) is 7.84. The molecule has 0 aliphatic carbocycles. The Balaban J connectivity index is 0.000000185. The van der Waals surface area contributed by atoms with E-state index in [1.54, 1.807) is 30.5 Å². The van der Waals surface area contributed by atoms with Crippen molar-refractivity contribution in [2.45, 2.75) is 60.2 Å². The van der Waals surface area contributed by atoms with Crippen LogP contribution < -0.4 is 0 Å². The predicted octanol–water partition coefficient (Wildman–Crippen LogP) is 14.9. The second kappa shape index (κ2) is 17.7. The zero-order chi connectivity index (χ0) is 47.3. The van der Waals surface area contributed by atoms with Gasteiger partial charge in [0.15, 0.2) is 0 Å². The Morgan fingerprint density at radius 2 is 1.37 bits per heavy atom. The summed E-state index contributed by atoms with van der Waals surface area (Å²) in [5.41, 5.74) is 11.9. The van der Waals surface area contributed by atoms with E-state index in [0.717, 1.165) is 33.5 Å². The average Bonchev–Trinajstić information content (AvgIpc) is 3.90. The summed E-state index contributed by atoms with van der Waals surface area (Å²) in [6.07, 6.45) is 0.0111. The maximum absolute atomic E-state index is 8.55. The quantitative estimate of drug-likeness (QED) is 0.156. The average molecular weight is 1000 g/mol. The van der Waals surface area contributed by atoms with E-state index >= 15 is 0 Å². The van der Waals surface area contributed by atoms with Crippen LogP contribution in [0.25, 0.3) is 83.7 Å². The van der Waals surface area contributed by atoms with Gasteiger partial charge in [-0.2, -0.15) is 0 Å². The molecule has 0 unspecified atom stereocenters. The fraction of sp³-hybridized carbons (Fsp3) is 0.175. The first-order valence-corrected chi connectivity index (χ1v) is 20.9. The molecule has 0 fully saturated rings. The molecule has 63 heavy (non-hydrogen) atoms. The molecule has 0 saturated carbocycles. The Morgan fingerprint density at radius 1 is 0.683 bits per heavy atom. The maximum atomic E-state index is 8.55. The molecule has 0 N–H and O–H groups in total. The van der Waals surface area contributed by atoms with Gasteiger partial charge in [0.2, 0.25) is 5.71 Å². The Labute approximate surface area is 391 Å². The van der Waals surface area contributed by atoms with Gasteiger partial charge in [-0.25, -0.2) is 4.98 Å². The first-order valence-electron chi connectivity index (χ1n) is 23.4. The molecule has 1 radical (unpaired) electrons. The molecular weight excluding hydrogens is 949 g/mol. The van der Waals surface area contributed by atoms with Gasteiger partial charge in [-0.05, 0) is 88.9 Å². The number of para-hydroxylation sites is 2. The number of pyridine rings is 2. The van der Waals surface area contributed by atoms with Crippen LogP contribution in [0, 0.1) is 24.4 Å². The van der Waals surface area contributed by atoms with Crippen molar-refractivity contribution in [3.05, 3.63) is 193 Å². The molecule has 6 heteroatoms. The SMILES string of the molecule is CC(C)(C)c1cc(-c2ccccc2)c(-n2c(-c3[c-]cccc3)nc3ccccc32)c(-c2ccccc2)c1.[2H]C([2H])([2H])c1ccc2c(n1)oc1c(-c3cc(C([2H])([2H])C(C)(C)C)ccn3)[c-]ccc12.[Ir]. The Morgan fingerprint density at radius 3 is 2.02 bits per heavy atom. The number of fused-ring (bicyclic) bond motifs is 4. The van der Waals surface area contributed by atoms with Gasteiger partial charge in [0.1, 0.15) is 0 Å². The number of hydrogen-bond acceptors (Lipinski definition) is 4. The number of benzene rings is 6. The number of nitrogens with zero attached hydrogens (tertiary/aromatic N) is 4. The Hall–Kier alpha value is -6.46. The molecule has 10 aromatic rings. The van der Waals surface area contributed by atoms with Crippen LogP contribution in [0.3, 0.4) is 0 Å². The number of furan rings is 1. The molecule has 5 nitrogen and oxygen atoms in total. The second-order valence-electron chi connectivity index (χ2n) is 17.5. The summed E-state index contributed by atoms with van der Waals surface area (Å²) in [7, 11) is 0. The molecule has 0 bridgehead atoms. The minimum absolute atomic E-state index is 0. The molecular formula is C57H50IrN4O-2. The molecule has 0 aliphatic rings. The number of hydrogen-bond donors (Lipinski definition) is 0. The summed E-state index contributed by atoms with van der Waals surface area (Å²) in [5.74, 6) is 0.889. The standard InChI is InChI=1S/C35H29N2.C22H21N2O.Ir/c1-35(2,3)28-23-29(25-15-7-4-8-16-25)33(30(24-28)26-17-9-5-10-18-26)37-32-22-14-13-21-31(32)36-34(37)27-19-11-6-12-20-27;1-14-8-9-17-16-6-5-7-18(20(16)25-21(17)24-14)19-12-15(10-11-23-19)13-22(2,3)4;/h4-19,21-24H,1-3H3;5-6,8-12H,13H2,1-4H3;/q2*-1;/i;1D3,13D2;. The van der Waals surface area contributed by atoms with Crippen LogP contribution in [-0.2, 0) is 31.9 Å². The van der Waals surface area contributed by atoms with Crippen LogP contribution in [-0.4, -0.2) is 19.5 Å². The Bertz CT molecular complexity index is 3330. The zero-order valence-electron chi connectivity index (χ0n) is 41.1. The summed E-state index contributed by atoms with van der Waals surface area (Å²) >= 11 is 0. The summed E-state index contributed by atoms with van der Waals surface area (Å²) in [4.78, 5) is 13.7. The largest absolute Gasteiger partial charge is 0.486 e. The van der Waals surface area contributed by atoms with Crippen LogP contribution in [0.5, 0.6) is 0 Å². The molecule has 6 aromatic carbocycles. The van der Waals surface area contributed by atoms with Gasteiger partial charge in [-0.15, -0.1) is 54.1 Å². The van der Waals surface area contributed by atoms with E-state index in [-0.39, 0.29) is 36.9 Å². The maximum Gasteiger partial charge on any atom is 0.216 e. The predicted molar refractivity (Wildman–Crippen MR) is 256 cm³/mol. The third-order valence-corrected chi connectivity index (χ3v) is 10.7. The van der Waals surface area contributed by atoms with Crippen LogP contribution in [0.4, 0.5) is 0 Å². The van der Waals surface area contributed by atoms with E-state index in [0.29, 0.717) is 27.8 Å². The van der Waals surface area contributed by atoms with E-state index in [2.05, 4.69) is 157 Å². The second-order valence-corrected chi connectivity index (χ2v) is 17.5.